The SMILES string of the molecule is NCc1noc(C2CCC(F)(F)CC2)n1. The molecule has 1 aromatic heterocycles. The van der Waals surface area contributed by atoms with Crippen molar-refractivity contribution in [3.63, 3.8) is 0 Å². The lowest BCUT2D eigenvalue weighted by molar-refractivity contribution is -0.0402. The molecule has 1 aliphatic carbocycles. The fourth-order valence-electron chi connectivity index (χ4n) is 1.80. The van der Waals surface area contributed by atoms with Gasteiger partial charge in [-0.05, 0) is 12.8 Å². The molecule has 0 bridgehead atoms. The third-order valence-electron chi connectivity index (χ3n) is 2.73. The number of hydrogen-bond acceptors (Lipinski definition) is 4. The number of nitrogens with zero attached hydrogens (tertiary/aromatic N) is 2. The molecule has 2 rings (SSSR count). The molecule has 0 spiro atoms. The third-order valence-corrected chi connectivity index (χ3v) is 2.73. The van der Waals surface area contributed by atoms with Crippen molar-refractivity contribution in [3.8, 4) is 0 Å². The minimum Gasteiger partial charge on any atom is -0.339 e. The summed E-state index contributed by atoms with van der Waals surface area (Å²) < 4.78 is 30.7. The fraction of sp³-hybridized carbons (Fsp3) is 0.778. The van der Waals surface area contributed by atoms with Crippen LogP contribution in [0.1, 0.15) is 43.3 Å². The molecule has 0 unspecified atom stereocenters. The highest BCUT2D eigenvalue weighted by molar-refractivity contribution is 4.97. The van der Waals surface area contributed by atoms with Gasteiger partial charge in [0.2, 0.25) is 11.8 Å². The van der Waals surface area contributed by atoms with Gasteiger partial charge in [-0.1, -0.05) is 5.16 Å². The molecule has 1 fully saturated rings. The molecule has 84 valence electrons. The Kier molecular flexibility index (Phi) is 2.68. The van der Waals surface area contributed by atoms with Crippen molar-refractivity contribution < 1.29 is 13.3 Å². The van der Waals surface area contributed by atoms with E-state index in [-0.39, 0.29) is 25.3 Å². The molecule has 0 amide bonds. The summed E-state index contributed by atoms with van der Waals surface area (Å²) in [6.45, 7) is 0.215. The number of halogens is 2. The lowest BCUT2D eigenvalue weighted by Gasteiger charge is -2.25. The standard InChI is InChI=1S/C9H13F2N3O/c10-9(11)3-1-6(2-4-9)8-13-7(5-12)14-15-8/h6H,1-5,12H2. The summed E-state index contributed by atoms with van der Waals surface area (Å²) in [4.78, 5) is 4.05. The second kappa shape index (κ2) is 3.84. The molecule has 4 nitrogen and oxygen atoms in total. The summed E-state index contributed by atoms with van der Waals surface area (Å²) in [5.41, 5.74) is 5.33. The minimum atomic E-state index is -2.52. The van der Waals surface area contributed by atoms with E-state index >= 15 is 0 Å². The summed E-state index contributed by atoms with van der Waals surface area (Å²) in [6.07, 6.45) is 0.606. The van der Waals surface area contributed by atoms with Crippen LogP contribution in [0.4, 0.5) is 8.78 Å². The zero-order valence-corrected chi connectivity index (χ0v) is 8.25. The Morgan fingerprint density at radius 3 is 2.60 bits per heavy atom. The van der Waals surface area contributed by atoms with Crippen molar-refractivity contribution in [1.82, 2.24) is 10.1 Å². The molecule has 15 heavy (non-hydrogen) atoms. The molecule has 6 heteroatoms. The zero-order chi connectivity index (χ0) is 10.9. The van der Waals surface area contributed by atoms with Crippen LogP contribution in [-0.2, 0) is 6.54 Å². The highest BCUT2D eigenvalue weighted by Crippen LogP contribution is 2.40. The summed E-state index contributed by atoms with van der Waals surface area (Å²) in [5, 5.41) is 3.65. The number of nitrogens with two attached hydrogens (primary N) is 1. The van der Waals surface area contributed by atoms with Gasteiger partial charge < -0.3 is 10.3 Å². The first-order valence-corrected chi connectivity index (χ1v) is 5.01. The maximum Gasteiger partial charge on any atom is 0.248 e. The maximum absolute atomic E-state index is 12.9. The van der Waals surface area contributed by atoms with E-state index in [4.69, 9.17) is 10.3 Å². The van der Waals surface area contributed by atoms with Gasteiger partial charge in [-0.3, -0.25) is 0 Å². The first-order chi connectivity index (χ1) is 7.11. The quantitative estimate of drug-likeness (QED) is 0.820. The summed E-state index contributed by atoms with van der Waals surface area (Å²) in [7, 11) is 0. The Morgan fingerprint density at radius 2 is 2.07 bits per heavy atom. The number of hydrogen-bond donors (Lipinski definition) is 1. The molecule has 0 radical (unpaired) electrons. The predicted octanol–water partition coefficient (Wildman–Crippen LogP) is 1.82. The molecule has 2 N–H and O–H groups in total. The summed E-state index contributed by atoms with van der Waals surface area (Å²) in [6, 6.07) is 0. The van der Waals surface area contributed by atoms with Crippen LogP contribution in [0.5, 0.6) is 0 Å². The maximum atomic E-state index is 12.9. The van der Waals surface area contributed by atoms with Crippen LogP contribution in [0.25, 0.3) is 0 Å². The number of aromatic nitrogens is 2. The van der Waals surface area contributed by atoms with Crippen LogP contribution in [0, 0.1) is 0 Å². The molecule has 1 aliphatic rings. The third kappa shape index (κ3) is 2.31. The Balaban J connectivity index is 2.01. The molecule has 0 saturated heterocycles. The van der Waals surface area contributed by atoms with Gasteiger partial charge in [0.15, 0.2) is 5.82 Å². The van der Waals surface area contributed by atoms with E-state index in [2.05, 4.69) is 10.1 Å². The van der Waals surface area contributed by atoms with Crippen LogP contribution in [0.3, 0.4) is 0 Å². The summed E-state index contributed by atoms with van der Waals surface area (Å²) in [5.74, 6) is -1.67. The van der Waals surface area contributed by atoms with Crippen LogP contribution in [-0.4, -0.2) is 16.1 Å². The van der Waals surface area contributed by atoms with Crippen LogP contribution in [0.15, 0.2) is 4.52 Å². The average Bonchev–Trinajstić information content (AvgIpc) is 2.66. The predicted molar refractivity (Wildman–Crippen MR) is 48.3 cm³/mol. The smallest absolute Gasteiger partial charge is 0.248 e. The monoisotopic (exact) mass is 217 g/mol. The molecular formula is C9H13F2N3O. The van der Waals surface area contributed by atoms with E-state index < -0.39 is 5.92 Å². The van der Waals surface area contributed by atoms with Crippen molar-refractivity contribution in [3.05, 3.63) is 11.7 Å². The second-order valence-corrected chi connectivity index (χ2v) is 3.88. The Hall–Kier alpha value is -1.04. The van der Waals surface area contributed by atoms with E-state index in [1.165, 1.54) is 0 Å². The Labute approximate surface area is 85.8 Å². The van der Waals surface area contributed by atoms with Crippen molar-refractivity contribution in [2.75, 3.05) is 0 Å². The van der Waals surface area contributed by atoms with E-state index in [1.54, 1.807) is 0 Å². The van der Waals surface area contributed by atoms with E-state index in [9.17, 15) is 8.78 Å². The molecule has 0 atom stereocenters. The lowest BCUT2D eigenvalue weighted by Crippen LogP contribution is -2.23. The Morgan fingerprint density at radius 1 is 1.40 bits per heavy atom. The van der Waals surface area contributed by atoms with Crippen molar-refractivity contribution in [2.24, 2.45) is 5.73 Å². The zero-order valence-electron chi connectivity index (χ0n) is 8.25. The van der Waals surface area contributed by atoms with Gasteiger partial charge in [-0.15, -0.1) is 0 Å². The minimum absolute atomic E-state index is 0.0302. The van der Waals surface area contributed by atoms with E-state index in [0.717, 1.165) is 0 Å². The molecule has 1 heterocycles. The van der Waals surface area contributed by atoms with Crippen molar-refractivity contribution >= 4 is 0 Å². The van der Waals surface area contributed by atoms with Crippen molar-refractivity contribution in [1.29, 1.82) is 0 Å². The van der Waals surface area contributed by atoms with Gasteiger partial charge in [0, 0.05) is 18.8 Å². The van der Waals surface area contributed by atoms with Crippen molar-refractivity contribution in [2.45, 2.75) is 44.1 Å². The Bertz CT molecular complexity index is 330. The molecule has 1 saturated carbocycles. The van der Waals surface area contributed by atoms with Gasteiger partial charge in [-0.25, -0.2) is 8.78 Å². The van der Waals surface area contributed by atoms with Crippen LogP contribution < -0.4 is 5.73 Å². The highest BCUT2D eigenvalue weighted by Gasteiger charge is 2.37. The van der Waals surface area contributed by atoms with Crippen LogP contribution in [0.2, 0.25) is 0 Å². The van der Waals surface area contributed by atoms with Gasteiger partial charge >= 0.3 is 0 Å². The molecule has 0 aromatic carbocycles. The second-order valence-electron chi connectivity index (χ2n) is 3.88. The normalized spacial score (nSPS) is 21.8. The van der Waals surface area contributed by atoms with Crippen LogP contribution >= 0.6 is 0 Å². The highest BCUT2D eigenvalue weighted by atomic mass is 19.3. The molecular weight excluding hydrogens is 204 g/mol. The summed E-state index contributed by atoms with van der Waals surface area (Å²) >= 11 is 0. The van der Waals surface area contributed by atoms with Gasteiger partial charge in [-0.2, -0.15) is 4.98 Å². The molecule has 1 aromatic rings. The number of alkyl halides is 2. The van der Waals surface area contributed by atoms with Gasteiger partial charge in [0.1, 0.15) is 0 Å². The fourth-order valence-corrected chi connectivity index (χ4v) is 1.80. The largest absolute Gasteiger partial charge is 0.339 e. The molecule has 0 aliphatic heterocycles. The van der Waals surface area contributed by atoms with E-state index in [0.29, 0.717) is 24.6 Å². The van der Waals surface area contributed by atoms with E-state index in [1.807, 2.05) is 0 Å². The lowest BCUT2D eigenvalue weighted by atomic mass is 9.87. The first-order valence-electron chi connectivity index (χ1n) is 5.01. The number of rotatable bonds is 2. The first kappa shape index (κ1) is 10.5. The van der Waals surface area contributed by atoms with Gasteiger partial charge in [0.05, 0.1) is 6.54 Å². The topological polar surface area (TPSA) is 64.9 Å². The average molecular weight is 217 g/mol. The van der Waals surface area contributed by atoms with Gasteiger partial charge in [0.25, 0.3) is 0 Å².